The molecule has 0 amide bonds. The number of rotatable bonds is 8. The highest BCUT2D eigenvalue weighted by Crippen LogP contribution is 2.33. The van der Waals surface area contributed by atoms with E-state index in [9.17, 15) is 4.39 Å². The summed E-state index contributed by atoms with van der Waals surface area (Å²) in [6, 6.07) is 6.54. The Morgan fingerprint density at radius 1 is 1.08 bits per heavy atom. The Morgan fingerprint density at radius 2 is 1.89 bits per heavy atom. The molecule has 5 rings (SSSR count). The van der Waals surface area contributed by atoms with Crippen molar-refractivity contribution < 1.29 is 13.5 Å². The van der Waals surface area contributed by atoms with Gasteiger partial charge in [0, 0.05) is 54.1 Å². The first-order valence-electron chi connectivity index (χ1n) is 12.2. The Labute approximate surface area is 207 Å². The average Bonchev–Trinajstić information content (AvgIpc) is 3.58. The normalized spacial score (nSPS) is 15.9. The van der Waals surface area contributed by atoms with Crippen LogP contribution < -0.4 is 15.0 Å². The van der Waals surface area contributed by atoms with Crippen molar-refractivity contribution in [1.29, 1.82) is 0 Å². The minimum absolute atomic E-state index is 0.0848. The number of halogens is 2. The van der Waals surface area contributed by atoms with E-state index < -0.39 is 11.6 Å². The van der Waals surface area contributed by atoms with Gasteiger partial charge in [0.15, 0.2) is 23.2 Å². The lowest BCUT2D eigenvalue weighted by molar-refractivity contribution is 0.232. The molecular formula is C25H30F2N8O. The topological polar surface area (TPSA) is 98.0 Å². The molecule has 4 heterocycles. The lowest BCUT2D eigenvalue weighted by atomic mass is 10.2. The second kappa shape index (κ2) is 9.73. The van der Waals surface area contributed by atoms with Crippen LogP contribution in [-0.4, -0.2) is 62.3 Å². The first kappa shape index (κ1) is 24.0. The molecule has 0 bridgehead atoms. The van der Waals surface area contributed by atoms with Gasteiger partial charge < -0.3 is 19.9 Å². The number of benzene rings is 1. The van der Waals surface area contributed by atoms with Crippen molar-refractivity contribution >= 4 is 28.4 Å². The number of fused-ring (bicyclic) bond motifs is 1. The Hall–Kier alpha value is -3.73. The largest absolute Gasteiger partial charge is 0.421 e. The average molecular weight is 497 g/mol. The van der Waals surface area contributed by atoms with Crippen molar-refractivity contribution in [1.82, 2.24) is 30.0 Å². The number of aryl methyl sites for hydroxylation is 2. The summed E-state index contributed by atoms with van der Waals surface area (Å²) in [6.07, 6.45) is 1.01. The maximum Gasteiger partial charge on any atom is 0.326 e. The van der Waals surface area contributed by atoms with Gasteiger partial charge in [0.2, 0.25) is 0 Å². The summed E-state index contributed by atoms with van der Waals surface area (Å²) < 4.78 is 35.6. The highest BCUT2D eigenvalue weighted by Gasteiger charge is 2.28. The molecule has 0 spiro atoms. The molecule has 0 saturated carbocycles. The van der Waals surface area contributed by atoms with E-state index in [1.54, 1.807) is 13.0 Å². The predicted molar refractivity (Wildman–Crippen MR) is 135 cm³/mol. The molecule has 11 heteroatoms. The minimum atomic E-state index is -0.676. The number of nitrogens with one attached hydrogen (secondary N) is 3. The van der Waals surface area contributed by atoms with Gasteiger partial charge in [0.05, 0.1) is 5.52 Å². The van der Waals surface area contributed by atoms with Crippen molar-refractivity contribution in [2.75, 3.05) is 36.4 Å². The molecule has 9 nitrogen and oxygen atoms in total. The van der Waals surface area contributed by atoms with Crippen LogP contribution in [0.5, 0.6) is 11.8 Å². The number of anilines is 3. The van der Waals surface area contributed by atoms with Gasteiger partial charge >= 0.3 is 6.01 Å². The smallest absolute Gasteiger partial charge is 0.326 e. The first-order chi connectivity index (χ1) is 17.3. The van der Waals surface area contributed by atoms with Crippen LogP contribution in [0.25, 0.3) is 10.9 Å². The van der Waals surface area contributed by atoms with Crippen LogP contribution >= 0.6 is 0 Å². The van der Waals surface area contributed by atoms with Crippen LogP contribution in [0.1, 0.15) is 31.7 Å². The molecule has 0 aliphatic carbocycles. The van der Waals surface area contributed by atoms with Gasteiger partial charge in [0.25, 0.3) is 0 Å². The third-order valence-electron chi connectivity index (χ3n) is 6.57. The zero-order valence-electron chi connectivity index (χ0n) is 20.8. The molecule has 1 aliphatic heterocycles. The van der Waals surface area contributed by atoms with Gasteiger partial charge in [-0.1, -0.05) is 13.8 Å². The number of aromatic nitrogens is 5. The van der Waals surface area contributed by atoms with E-state index in [1.165, 1.54) is 0 Å². The number of nitrogens with zero attached hydrogens (tertiary/aromatic N) is 5. The van der Waals surface area contributed by atoms with Gasteiger partial charge in [-0.25, -0.2) is 8.78 Å². The van der Waals surface area contributed by atoms with Crippen molar-refractivity contribution in [3.8, 4) is 11.8 Å². The van der Waals surface area contributed by atoms with Crippen molar-refractivity contribution in [3.05, 3.63) is 47.3 Å². The molecule has 190 valence electrons. The van der Waals surface area contributed by atoms with Gasteiger partial charge in [-0.3, -0.25) is 10.00 Å². The molecule has 1 aliphatic rings. The predicted octanol–water partition coefficient (Wildman–Crippen LogP) is 5.03. The van der Waals surface area contributed by atoms with Crippen molar-refractivity contribution in [2.45, 2.75) is 40.2 Å². The first-order valence-corrected chi connectivity index (χ1v) is 12.2. The van der Waals surface area contributed by atoms with E-state index in [0.29, 0.717) is 29.2 Å². The Morgan fingerprint density at radius 3 is 2.61 bits per heavy atom. The number of likely N-dealkylation sites (N-methyl/N-ethyl adjacent to an activating group) is 1. The number of ether oxygens (including phenoxy) is 1. The van der Waals surface area contributed by atoms with Crippen LogP contribution in [0.3, 0.4) is 0 Å². The Kier molecular flexibility index (Phi) is 6.48. The number of hydrogen-bond donors (Lipinski definition) is 3. The fourth-order valence-corrected chi connectivity index (χ4v) is 4.79. The van der Waals surface area contributed by atoms with Crippen molar-refractivity contribution in [3.63, 3.8) is 0 Å². The second-order valence-corrected chi connectivity index (χ2v) is 9.08. The summed E-state index contributed by atoms with van der Waals surface area (Å²) >= 11 is 0. The van der Waals surface area contributed by atoms with Gasteiger partial charge in [0.1, 0.15) is 11.6 Å². The van der Waals surface area contributed by atoms with Crippen LogP contribution in [0.15, 0.2) is 24.3 Å². The summed E-state index contributed by atoms with van der Waals surface area (Å²) in [6.45, 7) is 11.5. The van der Waals surface area contributed by atoms with Crippen LogP contribution in [0.4, 0.5) is 26.2 Å². The second-order valence-electron chi connectivity index (χ2n) is 9.08. The standard InChI is InChI=1S/C25H30F2N8O/c1-5-34(6-2)16-7-8-35(13-16)22-12-20(29-21-10-15(4)32-33-21)30-25(31-22)36-19-11-18(26)24-17(23(19)27)9-14(3)28-24/h9-12,16,28H,5-8,13H2,1-4H3,(H2,29,30,31,32,33). The van der Waals surface area contributed by atoms with E-state index in [-0.39, 0.29) is 22.7 Å². The van der Waals surface area contributed by atoms with Crippen LogP contribution in [-0.2, 0) is 0 Å². The van der Waals surface area contributed by atoms with E-state index in [1.807, 2.05) is 19.1 Å². The maximum atomic E-state index is 15.2. The minimum Gasteiger partial charge on any atom is -0.421 e. The summed E-state index contributed by atoms with van der Waals surface area (Å²) in [4.78, 5) is 16.4. The molecule has 1 fully saturated rings. The molecule has 3 N–H and O–H groups in total. The van der Waals surface area contributed by atoms with E-state index in [2.05, 4.69) is 54.1 Å². The molecule has 1 saturated heterocycles. The third-order valence-corrected chi connectivity index (χ3v) is 6.57. The van der Waals surface area contributed by atoms with E-state index in [4.69, 9.17) is 4.74 Å². The molecule has 3 aromatic heterocycles. The lowest BCUT2D eigenvalue weighted by Crippen LogP contribution is -2.37. The highest BCUT2D eigenvalue weighted by molar-refractivity contribution is 5.83. The SMILES string of the molecule is CCN(CC)C1CCN(c2cc(Nc3cc(C)[nH]n3)nc(Oc3cc(F)c4[nH]c(C)cc4c3F)n2)C1. The Bertz CT molecular complexity index is 1380. The zero-order valence-corrected chi connectivity index (χ0v) is 20.8. The maximum absolute atomic E-state index is 15.2. The number of hydrogen-bond acceptors (Lipinski definition) is 7. The van der Waals surface area contributed by atoms with E-state index >= 15 is 4.39 Å². The van der Waals surface area contributed by atoms with Crippen molar-refractivity contribution in [2.24, 2.45) is 0 Å². The molecule has 4 aromatic rings. The zero-order chi connectivity index (χ0) is 25.4. The fourth-order valence-electron chi connectivity index (χ4n) is 4.79. The molecule has 1 aromatic carbocycles. The Balaban J connectivity index is 1.49. The molecule has 36 heavy (non-hydrogen) atoms. The third kappa shape index (κ3) is 4.70. The lowest BCUT2D eigenvalue weighted by Gasteiger charge is -2.26. The summed E-state index contributed by atoms with van der Waals surface area (Å²) in [5.74, 6) is 0.0887. The summed E-state index contributed by atoms with van der Waals surface area (Å²) in [5, 5.41) is 10.3. The number of H-pyrrole nitrogens is 2. The molecule has 1 unspecified atom stereocenters. The quantitative estimate of drug-likeness (QED) is 0.315. The molecule has 1 atom stereocenters. The summed E-state index contributed by atoms with van der Waals surface area (Å²) in [7, 11) is 0. The highest BCUT2D eigenvalue weighted by atomic mass is 19.1. The monoisotopic (exact) mass is 496 g/mol. The van der Waals surface area contributed by atoms with Gasteiger partial charge in [-0.15, -0.1) is 0 Å². The van der Waals surface area contributed by atoms with Gasteiger partial charge in [-0.2, -0.15) is 15.1 Å². The molecule has 0 radical (unpaired) electrons. The van der Waals surface area contributed by atoms with Crippen LogP contribution in [0.2, 0.25) is 0 Å². The molecular weight excluding hydrogens is 466 g/mol. The summed E-state index contributed by atoms with van der Waals surface area (Å²) in [5.41, 5.74) is 1.64. The number of aromatic amines is 2. The fraction of sp³-hybridized carbons (Fsp3) is 0.400. The van der Waals surface area contributed by atoms with Gasteiger partial charge in [-0.05, 0) is 39.4 Å². The van der Waals surface area contributed by atoms with E-state index in [0.717, 1.165) is 44.4 Å². The van der Waals surface area contributed by atoms with Crippen LogP contribution in [0, 0.1) is 25.5 Å².